The molecule has 4 heteroatoms. The smallest absolute Gasteiger partial charge is 0.227 e. The van der Waals surface area contributed by atoms with Crippen LogP contribution >= 0.6 is 11.6 Å². The maximum Gasteiger partial charge on any atom is 0.227 e. The first-order valence-corrected chi connectivity index (χ1v) is 4.77. The SMILES string of the molecule is Cc1cc2c(cc1Cl)OCCC(=O)N2. The summed E-state index contributed by atoms with van der Waals surface area (Å²) in [4.78, 5) is 11.2. The number of benzene rings is 1. The fourth-order valence-electron chi connectivity index (χ4n) is 1.35. The number of amides is 1. The Morgan fingerprint density at radius 2 is 2.29 bits per heavy atom. The second-order valence-electron chi connectivity index (χ2n) is 3.24. The Kier molecular flexibility index (Phi) is 2.33. The monoisotopic (exact) mass is 211 g/mol. The molecule has 1 heterocycles. The van der Waals surface area contributed by atoms with Gasteiger partial charge in [-0.1, -0.05) is 11.6 Å². The number of aryl methyl sites for hydroxylation is 1. The van der Waals surface area contributed by atoms with Crippen LogP contribution in [0.3, 0.4) is 0 Å². The molecule has 1 N–H and O–H groups in total. The fourth-order valence-corrected chi connectivity index (χ4v) is 1.50. The van der Waals surface area contributed by atoms with Crippen molar-refractivity contribution in [1.82, 2.24) is 0 Å². The summed E-state index contributed by atoms with van der Waals surface area (Å²) in [5.41, 5.74) is 1.63. The fraction of sp³-hybridized carbons (Fsp3) is 0.300. The van der Waals surface area contributed by atoms with Gasteiger partial charge in [-0.05, 0) is 18.6 Å². The van der Waals surface area contributed by atoms with Gasteiger partial charge in [0, 0.05) is 11.1 Å². The van der Waals surface area contributed by atoms with Crippen LogP contribution in [-0.2, 0) is 4.79 Å². The third-order valence-electron chi connectivity index (χ3n) is 2.12. The lowest BCUT2D eigenvalue weighted by Crippen LogP contribution is -2.10. The van der Waals surface area contributed by atoms with E-state index in [2.05, 4.69) is 5.32 Å². The van der Waals surface area contributed by atoms with Gasteiger partial charge < -0.3 is 10.1 Å². The molecule has 0 spiro atoms. The van der Waals surface area contributed by atoms with E-state index in [1.54, 1.807) is 6.07 Å². The average molecular weight is 212 g/mol. The van der Waals surface area contributed by atoms with Gasteiger partial charge in [-0.25, -0.2) is 0 Å². The number of halogens is 1. The first-order chi connectivity index (χ1) is 6.66. The predicted octanol–water partition coefficient (Wildman–Crippen LogP) is 2.37. The number of fused-ring (bicyclic) bond motifs is 1. The summed E-state index contributed by atoms with van der Waals surface area (Å²) in [7, 11) is 0. The number of carbonyl (C=O) groups excluding carboxylic acids is 1. The molecular weight excluding hydrogens is 202 g/mol. The molecule has 0 saturated carbocycles. The Morgan fingerprint density at radius 1 is 1.50 bits per heavy atom. The quantitative estimate of drug-likeness (QED) is 0.716. The van der Waals surface area contributed by atoms with E-state index in [4.69, 9.17) is 16.3 Å². The molecule has 0 aliphatic carbocycles. The van der Waals surface area contributed by atoms with Gasteiger partial charge in [0.15, 0.2) is 0 Å². The summed E-state index contributed by atoms with van der Waals surface area (Å²) < 4.78 is 5.39. The Bertz CT molecular complexity index is 390. The summed E-state index contributed by atoms with van der Waals surface area (Å²) in [6.45, 7) is 2.29. The molecule has 2 rings (SSSR count). The Balaban J connectivity index is 2.46. The van der Waals surface area contributed by atoms with Crippen LogP contribution < -0.4 is 10.1 Å². The lowest BCUT2D eigenvalue weighted by Gasteiger charge is -2.08. The second kappa shape index (κ2) is 3.50. The van der Waals surface area contributed by atoms with E-state index in [0.717, 1.165) is 5.56 Å². The largest absolute Gasteiger partial charge is 0.491 e. The van der Waals surface area contributed by atoms with Crippen molar-refractivity contribution in [3.8, 4) is 5.75 Å². The third kappa shape index (κ3) is 1.68. The van der Waals surface area contributed by atoms with Crippen LogP contribution in [0.15, 0.2) is 12.1 Å². The molecule has 0 aromatic heterocycles. The van der Waals surface area contributed by atoms with E-state index in [9.17, 15) is 4.79 Å². The number of carbonyl (C=O) groups is 1. The van der Waals surface area contributed by atoms with Gasteiger partial charge in [-0.2, -0.15) is 0 Å². The summed E-state index contributed by atoms with van der Waals surface area (Å²) in [5.74, 6) is 0.622. The van der Waals surface area contributed by atoms with Crippen molar-refractivity contribution in [3.05, 3.63) is 22.7 Å². The molecule has 1 aliphatic heterocycles. The molecule has 0 bridgehead atoms. The van der Waals surface area contributed by atoms with Crippen molar-refractivity contribution >= 4 is 23.2 Å². The van der Waals surface area contributed by atoms with Crippen LogP contribution in [0.2, 0.25) is 5.02 Å². The van der Waals surface area contributed by atoms with E-state index in [-0.39, 0.29) is 5.91 Å². The lowest BCUT2D eigenvalue weighted by atomic mass is 10.2. The standard InChI is InChI=1S/C10H10ClNO2/c1-6-4-8-9(5-7(6)11)14-3-2-10(13)12-8/h4-5H,2-3H2,1H3,(H,12,13). The number of hydrogen-bond acceptors (Lipinski definition) is 2. The summed E-state index contributed by atoms with van der Waals surface area (Å²) in [6.07, 6.45) is 0.380. The molecule has 1 aliphatic rings. The molecule has 0 fully saturated rings. The topological polar surface area (TPSA) is 38.3 Å². The van der Waals surface area contributed by atoms with E-state index in [1.807, 2.05) is 13.0 Å². The minimum Gasteiger partial charge on any atom is -0.491 e. The van der Waals surface area contributed by atoms with Gasteiger partial charge in [0.1, 0.15) is 5.75 Å². The summed E-state index contributed by atoms with van der Waals surface area (Å²) >= 11 is 5.94. The number of hydrogen-bond donors (Lipinski definition) is 1. The number of rotatable bonds is 0. The van der Waals surface area contributed by atoms with Crippen LogP contribution in [0.1, 0.15) is 12.0 Å². The second-order valence-corrected chi connectivity index (χ2v) is 3.65. The maximum atomic E-state index is 11.2. The zero-order valence-corrected chi connectivity index (χ0v) is 8.52. The Morgan fingerprint density at radius 3 is 3.07 bits per heavy atom. The zero-order chi connectivity index (χ0) is 10.1. The van der Waals surface area contributed by atoms with Crippen molar-refractivity contribution in [1.29, 1.82) is 0 Å². The molecule has 0 unspecified atom stereocenters. The lowest BCUT2D eigenvalue weighted by molar-refractivity contribution is -0.116. The van der Waals surface area contributed by atoms with Gasteiger partial charge >= 0.3 is 0 Å². The van der Waals surface area contributed by atoms with Crippen molar-refractivity contribution in [2.75, 3.05) is 11.9 Å². The molecule has 0 atom stereocenters. The highest BCUT2D eigenvalue weighted by atomic mass is 35.5. The summed E-state index contributed by atoms with van der Waals surface area (Å²) in [5, 5.41) is 3.42. The van der Waals surface area contributed by atoms with E-state index < -0.39 is 0 Å². The zero-order valence-electron chi connectivity index (χ0n) is 7.76. The summed E-state index contributed by atoms with van der Waals surface area (Å²) in [6, 6.07) is 3.55. The van der Waals surface area contributed by atoms with E-state index in [1.165, 1.54) is 0 Å². The van der Waals surface area contributed by atoms with Crippen molar-refractivity contribution in [2.24, 2.45) is 0 Å². The third-order valence-corrected chi connectivity index (χ3v) is 2.53. The Hall–Kier alpha value is -1.22. The highest BCUT2D eigenvalue weighted by Gasteiger charge is 2.14. The van der Waals surface area contributed by atoms with Crippen molar-refractivity contribution in [3.63, 3.8) is 0 Å². The average Bonchev–Trinajstić information content (AvgIpc) is 2.28. The molecule has 14 heavy (non-hydrogen) atoms. The normalized spacial score (nSPS) is 15.1. The van der Waals surface area contributed by atoms with Crippen molar-refractivity contribution in [2.45, 2.75) is 13.3 Å². The molecule has 0 radical (unpaired) electrons. The van der Waals surface area contributed by atoms with Gasteiger partial charge in [0.05, 0.1) is 18.7 Å². The molecule has 3 nitrogen and oxygen atoms in total. The number of ether oxygens (including phenoxy) is 1. The van der Waals surface area contributed by atoms with Crippen LogP contribution in [0.4, 0.5) is 5.69 Å². The van der Waals surface area contributed by atoms with Gasteiger partial charge in [-0.3, -0.25) is 4.79 Å². The molecular formula is C10H10ClNO2. The van der Waals surface area contributed by atoms with Crippen LogP contribution in [0, 0.1) is 6.92 Å². The Labute approximate surface area is 87.0 Å². The first-order valence-electron chi connectivity index (χ1n) is 4.39. The van der Waals surface area contributed by atoms with Crippen molar-refractivity contribution < 1.29 is 9.53 Å². The predicted molar refractivity (Wildman–Crippen MR) is 54.9 cm³/mol. The van der Waals surface area contributed by atoms with Crippen LogP contribution in [-0.4, -0.2) is 12.5 Å². The van der Waals surface area contributed by atoms with Gasteiger partial charge in [0.2, 0.25) is 5.91 Å². The maximum absolute atomic E-state index is 11.2. The van der Waals surface area contributed by atoms with E-state index in [0.29, 0.717) is 29.5 Å². The molecule has 1 amide bonds. The first kappa shape index (κ1) is 9.34. The van der Waals surface area contributed by atoms with Crippen LogP contribution in [0.5, 0.6) is 5.75 Å². The number of anilines is 1. The van der Waals surface area contributed by atoms with Gasteiger partial charge in [-0.15, -0.1) is 0 Å². The molecule has 0 saturated heterocycles. The highest BCUT2D eigenvalue weighted by molar-refractivity contribution is 6.31. The molecule has 74 valence electrons. The van der Waals surface area contributed by atoms with E-state index >= 15 is 0 Å². The molecule has 1 aromatic carbocycles. The number of nitrogens with one attached hydrogen (secondary N) is 1. The minimum atomic E-state index is -0.0227. The molecule has 1 aromatic rings. The van der Waals surface area contributed by atoms with Gasteiger partial charge in [0.25, 0.3) is 0 Å². The van der Waals surface area contributed by atoms with Crippen LogP contribution in [0.25, 0.3) is 0 Å². The minimum absolute atomic E-state index is 0.0227. The highest BCUT2D eigenvalue weighted by Crippen LogP contribution is 2.32.